The summed E-state index contributed by atoms with van der Waals surface area (Å²) in [6, 6.07) is 13.2. The summed E-state index contributed by atoms with van der Waals surface area (Å²) < 4.78 is 40.2. The summed E-state index contributed by atoms with van der Waals surface area (Å²) in [4.78, 5) is 17.6. The highest BCUT2D eigenvalue weighted by Crippen LogP contribution is 2.30. The average molecular weight is 505 g/mol. The Hall–Kier alpha value is -4.58. The number of hydrogen-bond donors (Lipinski definition) is 2. The number of aromatic nitrogens is 3. The smallest absolute Gasteiger partial charge is 0.270 e. The molecular formula is C28H23F3N4O2. The van der Waals surface area contributed by atoms with Crippen molar-refractivity contribution in [3.8, 4) is 17.6 Å². The van der Waals surface area contributed by atoms with Crippen molar-refractivity contribution in [2.45, 2.75) is 32.9 Å². The van der Waals surface area contributed by atoms with Gasteiger partial charge in [0.05, 0.1) is 17.8 Å². The second kappa shape index (κ2) is 11.0. The zero-order chi connectivity index (χ0) is 26.5. The van der Waals surface area contributed by atoms with Gasteiger partial charge in [-0.25, -0.2) is 18.2 Å². The van der Waals surface area contributed by atoms with Crippen LogP contribution in [0.4, 0.5) is 13.2 Å². The van der Waals surface area contributed by atoms with E-state index in [9.17, 15) is 23.1 Å². The van der Waals surface area contributed by atoms with Gasteiger partial charge in [-0.05, 0) is 49.7 Å². The summed E-state index contributed by atoms with van der Waals surface area (Å²) >= 11 is 0. The van der Waals surface area contributed by atoms with E-state index in [0.717, 1.165) is 16.3 Å². The summed E-state index contributed by atoms with van der Waals surface area (Å²) in [5.74, 6) is 4.48. The molecule has 0 spiro atoms. The highest BCUT2D eigenvalue weighted by molar-refractivity contribution is 5.93. The number of aromatic hydroxyl groups is 1. The Morgan fingerprint density at radius 2 is 1.78 bits per heavy atom. The van der Waals surface area contributed by atoms with Crippen molar-refractivity contribution in [1.29, 1.82) is 0 Å². The molecule has 1 amide bonds. The van der Waals surface area contributed by atoms with Crippen molar-refractivity contribution in [3.63, 3.8) is 0 Å². The van der Waals surface area contributed by atoms with E-state index in [1.54, 1.807) is 25.1 Å². The lowest BCUT2D eigenvalue weighted by atomic mass is 9.96. The van der Waals surface area contributed by atoms with Crippen LogP contribution in [0.2, 0.25) is 0 Å². The fourth-order valence-electron chi connectivity index (χ4n) is 3.73. The van der Waals surface area contributed by atoms with Gasteiger partial charge < -0.3 is 10.4 Å². The van der Waals surface area contributed by atoms with Crippen LogP contribution in [0.3, 0.4) is 0 Å². The summed E-state index contributed by atoms with van der Waals surface area (Å²) in [5, 5.41) is 17.1. The van der Waals surface area contributed by atoms with Gasteiger partial charge in [-0.3, -0.25) is 9.48 Å². The number of benzene rings is 2. The van der Waals surface area contributed by atoms with Crippen LogP contribution >= 0.6 is 0 Å². The molecule has 0 aliphatic heterocycles. The molecule has 2 N–H and O–H groups in total. The molecule has 9 heteroatoms. The number of rotatable bonds is 6. The number of hydrogen-bond acceptors (Lipinski definition) is 4. The molecule has 0 saturated carbocycles. The number of alkyl halides is 2. The van der Waals surface area contributed by atoms with E-state index in [1.807, 2.05) is 19.1 Å². The Morgan fingerprint density at radius 1 is 1.05 bits per heavy atom. The van der Waals surface area contributed by atoms with Gasteiger partial charge in [0, 0.05) is 23.0 Å². The summed E-state index contributed by atoms with van der Waals surface area (Å²) in [6.45, 7) is 3.10. The molecule has 0 radical (unpaired) electrons. The minimum absolute atomic E-state index is 0.0747. The number of halogens is 3. The molecule has 0 aliphatic rings. The van der Waals surface area contributed by atoms with Gasteiger partial charge in [-0.1, -0.05) is 41.7 Å². The number of aryl methyl sites for hydroxylation is 2. The zero-order valence-electron chi connectivity index (χ0n) is 20.0. The van der Waals surface area contributed by atoms with E-state index in [4.69, 9.17) is 0 Å². The molecule has 2 aromatic carbocycles. The summed E-state index contributed by atoms with van der Waals surface area (Å²) in [5.41, 5.74) is 3.39. The van der Waals surface area contributed by atoms with Gasteiger partial charge >= 0.3 is 0 Å². The highest BCUT2D eigenvalue weighted by atomic mass is 19.3. The molecule has 0 fully saturated rings. The van der Waals surface area contributed by atoms with Crippen LogP contribution < -0.4 is 5.32 Å². The number of phenols is 1. The first kappa shape index (κ1) is 25.5. The molecule has 37 heavy (non-hydrogen) atoms. The number of nitrogens with one attached hydrogen (secondary N) is 1. The summed E-state index contributed by atoms with van der Waals surface area (Å²) in [6.07, 6.45) is 0.273. The molecule has 4 rings (SSSR count). The summed E-state index contributed by atoms with van der Waals surface area (Å²) in [7, 11) is 0. The maximum atomic E-state index is 14.0. The first-order valence-electron chi connectivity index (χ1n) is 11.3. The third-order valence-corrected chi connectivity index (χ3v) is 5.48. The normalized spacial score (nSPS) is 11.6. The van der Waals surface area contributed by atoms with Crippen molar-refractivity contribution >= 4 is 5.91 Å². The van der Waals surface area contributed by atoms with Crippen molar-refractivity contribution in [1.82, 2.24) is 20.1 Å². The van der Waals surface area contributed by atoms with Crippen molar-refractivity contribution in [2.24, 2.45) is 0 Å². The van der Waals surface area contributed by atoms with Gasteiger partial charge in [0.2, 0.25) is 0 Å². The van der Waals surface area contributed by atoms with E-state index in [2.05, 4.69) is 27.2 Å². The van der Waals surface area contributed by atoms with E-state index in [-0.39, 0.29) is 17.0 Å². The van der Waals surface area contributed by atoms with E-state index in [1.165, 1.54) is 30.6 Å². The number of nitrogens with zero attached hydrogens (tertiary/aromatic N) is 3. The number of carbonyl (C=O) groups is 1. The second-order valence-corrected chi connectivity index (χ2v) is 8.49. The fourth-order valence-corrected chi connectivity index (χ4v) is 3.73. The lowest BCUT2D eigenvalue weighted by Gasteiger charge is -2.21. The Balaban J connectivity index is 1.63. The van der Waals surface area contributed by atoms with Gasteiger partial charge in [0.1, 0.15) is 23.8 Å². The third-order valence-electron chi connectivity index (χ3n) is 5.48. The van der Waals surface area contributed by atoms with Crippen LogP contribution in [-0.4, -0.2) is 32.2 Å². The van der Waals surface area contributed by atoms with Crippen molar-refractivity contribution in [3.05, 3.63) is 112 Å². The monoisotopic (exact) mass is 504 g/mol. The molecule has 0 saturated heterocycles. The average Bonchev–Trinajstić information content (AvgIpc) is 3.29. The molecule has 188 valence electrons. The topological polar surface area (TPSA) is 80.0 Å². The first-order chi connectivity index (χ1) is 17.7. The molecule has 4 aromatic rings. The third kappa shape index (κ3) is 6.55. The van der Waals surface area contributed by atoms with Gasteiger partial charge in [0.15, 0.2) is 0 Å². The van der Waals surface area contributed by atoms with Crippen LogP contribution in [0.5, 0.6) is 5.75 Å². The number of phenolic OH excluding ortho intramolecular Hbond substituents is 1. The first-order valence-corrected chi connectivity index (χ1v) is 11.3. The predicted octanol–water partition coefficient (Wildman–Crippen LogP) is 4.92. The minimum Gasteiger partial charge on any atom is -0.508 e. The SMILES string of the molecule is Cc1ccc(C(NC(=O)c2cc(C#Cc3cnn(CC(F)F)c3)cc(C)n2)c2cc(F)ccc2O)cc1. The Bertz CT molecular complexity index is 1490. The minimum atomic E-state index is -2.53. The van der Waals surface area contributed by atoms with E-state index >= 15 is 0 Å². The second-order valence-electron chi connectivity index (χ2n) is 8.49. The fraction of sp³-hybridized carbons (Fsp3) is 0.179. The van der Waals surface area contributed by atoms with Crippen LogP contribution in [0.1, 0.15) is 50.0 Å². The van der Waals surface area contributed by atoms with Crippen LogP contribution in [-0.2, 0) is 6.54 Å². The standard InChI is InChI=1S/C28H23F3N4O2/c1-17-3-7-21(8-4-17)27(23-13-22(29)9-10-25(23)36)34-28(37)24-12-19(11-18(2)33-24)5-6-20-14-32-35(15-20)16-26(30)31/h3-4,7-15,26-27,36H,16H2,1-2H3,(H,34,37). The van der Waals surface area contributed by atoms with E-state index in [0.29, 0.717) is 22.4 Å². The molecular weight excluding hydrogens is 481 g/mol. The number of amides is 1. The van der Waals surface area contributed by atoms with E-state index < -0.39 is 30.7 Å². The zero-order valence-corrected chi connectivity index (χ0v) is 20.0. The maximum Gasteiger partial charge on any atom is 0.270 e. The Labute approximate surface area is 211 Å². The number of carbonyl (C=O) groups excluding carboxylic acids is 1. The van der Waals surface area contributed by atoms with Crippen LogP contribution in [0.15, 0.2) is 67.0 Å². The lowest BCUT2D eigenvalue weighted by Crippen LogP contribution is -2.30. The van der Waals surface area contributed by atoms with Crippen LogP contribution in [0.25, 0.3) is 0 Å². The molecule has 0 bridgehead atoms. The largest absolute Gasteiger partial charge is 0.508 e. The van der Waals surface area contributed by atoms with Crippen LogP contribution in [0, 0.1) is 31.5 Å². The van der Waals surface area contributed by atoms with Crippen molar-refractivity contribution in [2.75, 3.05) is 0 Å². The highest BCUT2D eigenvalue weighted by Gasteiger charge is 2.22. The molecule has 6 nitrogen and oxygen atoms in total. The molecule has 1 unspecified atom stereocenters. The van der Waals surface area contributed by atoms with Crippen molar-refractivity contribution < 1.29 is 23.1 Å². The maximum absolute atomic E-state index is 14.0. The Morgan fingerprint density at radius 3 is 2.51 bits per heavy atom. The lowest BCUT2D eigenvalue weighted by molar-refractivity contribution is 0.0937. The quantitative estimate of drug-likeness (QED) is 0.365. The predicted molar refractivity (Wildman–Crippen MR) is 132 cm³/mol. The number of pyridine rings is 1. The van der Waals surface area contributed by atoms with Gasteiger partial charge in [-0.2, -0.15) is 5.10 Å². The molecule has 0 aliphatic carbocycles. The van der Waals surface area contributed by atoms with Gasteiger partial charge in [-0.15, -0.1) is 0 Å². The molecule has 2 aromatic heterocycles. The van der Waals surface area contributed by atoms with Gasteiger partial charge in [0.25, 0.3) is 12.3 Å². The Kier molecular flexibility index (Phi) is 7.58. The molecule has 1 atom stereocenters. The molecule has 2 heterocycles.